The number of nitrogens with zero attached hydrogens (tertiary/aromatic N) is 2. The zero-order chi connectivity index (χ0) is 14.8. The second kappa shape index (κ2) is 7.19. The van der Waals surface area contributed by atoms with Crippen molar-refractivity contribution >= 4 is 28.5 Å². The first-order valence-corrected chi connectivity index (χ1v) is 7.78. The van der Waals surface area contributed by atoms with Crippen LogP contribution in [0.25, 0.3) is 0 Å². The number of amides is 1. The van der Waals surface area contributed by atoms with Gasteiger partial charge in [0.15, 0.2) is 0 Å². The van der Waals surface area contributed by atoms with Gasteiger partial charge in [0, 0.05) is 38.3 Å². The molecule has 1 amide bonds. The van der Waals surface area contributed by atoms with Crippen molar-refractivity contribution in [2.24, 2.45) is 10.9 Å². The predicted octanol–water partition coefficient (Wildman–Crippen LogP) is -0.472. The van der Waals surface area contributed by atoms with Gasteiger partial charge in [0.05, 0.1) is 0 Å². The molecule has 0 radical (unpaired) electrons. The van der Waals surface area contributed by atoms with E-state index in [1.807, 2.05) is 12.1 Å². The van der Waals surface area contributed by atoms with Gasteiger partial charge in [-0.3, -0.25) is 4.79 Å². The number of piperazine rings is 1. The van der Waals surface area contributed by atoms with E-state index in [0.717, 1.165) is 5.56 Å². The number of rotatable bonds is 3. The highest BCUT2D eigenvalue weighted by Gasteiger charge is 2.26. The molecule has 1 saturated heterocycles. The Morgan fingerprint density at radius 3 is 2.05 bits per heavy atom. The summed E-state index contributed by atoms with van der Waals surface area (Å²) >= 11 is 0. The summed E-state index contributed by atoms with van der Waals surface area (Å²) in [6.45, 7) is 1.57. The molecule has 9 heteroatoms. The molecule has 1 aromatic carbocycles. The zero-order valence-corrected chi connectivity index (χ0v) is 13.1. The molecule has 0 bridgehead atoms. The van der Waals surface area contributed by atoms with E-state index in [4.69, 9.17) is 10.9 Å². The van der Waals surface area contributed by atoms with Crippen molar-refractivity contribution in [3.63, 3.8) is 0 Å². The second-order valence-corrected chi connectivity index (χ2v) is 6.18. The summed E-state index contributed by atoms with van der Waals surface area (Å²) in [5.74, 6) is -0.109. The molecule has 2 rings (SSSR count). The Balaban J connectivity index is 0.00000220. The molecule has 0 spiro atoms. The van der Waals surface area contributed by atoms with Crippen molar-refractivity contribution in [1.29, 1.82) is 0 Å². The Morgan fingerprint density at radius 2 is 1.62 bits per heavy atom. The third-order valence-electron chi connectivity index (χ3n) is 3.32. The fraction of sp³-hybridized carbons (Fsp3) is 0.417. The maximum Gasteiger partial charge on any atom is 0.277 e. The Kier molecular flexibility index (Phi) is 6.11. The van der Waals surface area contributed by atoms with Crippen LogP contribution in [0.5, 0.6) is 0 Å². The van der Waals surface area contributed by atoms with E-state index < -0.39 is 10.2 Å². The lowest BCUT2D eigenvalue weighted by molar-refractivity contribution is 0.0698. The summed E-state index contributed by atoms with van der Waals surface area (Å²) in [7, 11) is -3.67. The molecule has 1 heterocycles. The van der Waals surface area contributed by atoms with Gasteiger partial charge in [-0.1, -0.05) is 12.1 Å². The lowest BCUT2D eigenvalue weighted by atomic mass is 10.1. The fourth-order valence-corrected chi connectivity index (χ4v) is 2.78. The van der Waals surface area contributed by atoms with Crippen molar-refractivity contribution in [3.05, 3.63) is 35.4 Å². The summed E-state index contributed by atoms with van der Waals surface area (Å²) in [5, 5.41) is 5.06. The molecule has 1 fully saturated rings. The molecule has 0 atom stereocenters. The largest absolute Gasteiger partial charge is 0.336 e. The minimum atomic E-state index is -3.67. The van der Waals surface area contributed by atoms with Crippen LogP contribution >= 0.6 is 12.4 Å². The molecule has 4 N–H and O–H groups in total. The molecule has 0 aromatic heterocycles. The predicted molar refractivity (Wildman–Crippen MR) is 82.2 cm³/mol. The van der Waals surface area contributed by atoms with E-state index >= 15 is 0 Å². The Morgan fingerprint density at radius 1 is 1.10 bits per heavy atom. The highest BCUT2D eigenvalue weighted by Crippen LogP contribution is 2.11. The Bertz CT molecular complexity index is 583. The van der Waals surface area contributed by atoms with Crippen LogP contribution in [0.15, 0.2) is 24.3 Å². The van der Waals surface area contributed by atoms with E-state index in [1.165, 1.54) is 4.31 Å². The van der Waals surface area contributed by atoms with Crippen LogP contribution in [0.3, 0.4) is 0 Å². The minimum Gasteiger partial charge on any atom is -0.336 e. The monoisotopic (exact) mass is 334 g/mol. The van der Waals surface area contributed by atoms with Crippen LogP contribution in [0.1, 0.15) is 15.9 Å². The molecular formula is C12H19ClN4O3S. The lowest BCUT2D eigenvalue weighted by Crippen LogP contribution is -2.52. The average molecular weight is 335 g/mol. The van der Waals surface area contributed by atoms with E-state index in [1.54, 1.807) is 17.0 Å². The summed E-state index contributed by atoms with van der Waals surface area (Å²) in [6.07, 6.45) is 0. The Labute approximate surface area is 130 Å². The zero-order valence-electron chi connectivity index (χ0n) is 11.4. The number of carbonyl (C=O) groups excluding carboxylic acids is 1. The molecule has 0 aliphatic carbocycles. The molecule has 1 aromatic rings. The van der Waals surface area contributed by atoms with Crippen LogP contribution in [0.2, 0.25) is 0 Å². The average Bonchev–Trinajstić information content (AvgIpc) is 2.46. The highest BCUT2D eigenvalue weighted by atomic mass is 35.5. The van der Waals surface area contributed by atoms with Gasteiger partial charge in [-0.15, -0.1) is 12.4 Å². The fourth-order valence-electron chi connectivity index (χ4n) is 2.11. The first-order valence-electron chi connectivity index (χ1n) is 6.28. The van der Waals surface area contributed by atoms with Gasteiger partial charge >= 0.3 is 0 Å². The highest BCUT2D eigenvalue weighted by molar-refractivity contribution is 7.86. The molecule has 1 aliphatic heterocycles. The smallest absolute Gasteiger partial charge is 0.277 e. The number of carbonyl (C=O) groups is 1. The van der Waals surface area contributed by atoms with Gasteiger partial charge in [-0.2, -0.15) is 12.7 Å². The molecule has 0 saturated carbocycles. The van der Waals surface area contributed by atoms with Crippen LogP contribution in [-0.4, -0.2) is 49.7 Å². The lowest BCUT2D eigenvalue weighted by Gasteiger charge is -2.33. The summed E-state index contributed by atoms with van der Waals surface area (Å²) in [4.78, 5) is 13.9. The van der Waals surface area contributed by atoms with Crippen LogP contribution in [0.4, 0.5) is 0 Å². The Hall–Kier alpha value is -1.19. The number of hydrogen-bond acceptors (Lipinski definition) is 4. The van der Waals surface area contributed by atoms with Crippen molar-refractivity contribution < 1.29 is 13.2 Å². The van der Waals surface area contributed by atoms with Crippen LogP contribution in [0, 0.1) is 0 Å². The van der Waals surface area contributed by atoms with E-state index in [0.29, 0.717) is 25.2 Å². The molecule has 21 heavy (non-hydrogen) atoms. The topological polar surface area (TPSA) is 110 Å². The van der Waals surface area contributed by atoms with Gasteiger partial charge in [0.25, 0.3) is 16.1 Å². The van der Waals surface area contributed by atoms with Crippen molar-refractivity contribution in [2.45, 2.75) is 6.54 Å². The summed E-state index contributed by atoms with van der Waals surface area (Å²) in [5.41, 5.74) is 7.04. The van der Waals surface area contributed by atoms with Crippen LogP contribution in [-0.2, 0) is 16.8 Å². The van der Waals surface area contributed by atoms with Gasteiger partial charge in [0.2, 0.25) is 0 Å². The van der Waals surface area contributed by atoms with Crippen molar-refractivity contribution in [1.82, 2.24) is 9.21 Å². The summed E-state index contributed by atoms with van der Waals surface area (Å²) < 4.78 is 23.6. The third-order valence-corrected chi connectivity index (χ3v) is 4.41. The van der Waals surface area contributed by atoms with Crippen molar-refractivity contribution in [3.8, 4) is 0 Å². The van der Waals surface area contributed by atoms with Crippen molar-refractivity contribution in [2.75, 3.05) is 26.2 Å². The van der Waals surface area contributed by atoms with E-state index in [-0.39, 0.29) is 31.4 Å². The molecule has 7 nitrogen and oxygen atoms in total. The number of halogens is 1. The van der Waals surface area contributed by atoms with Crippen LogP contribution < -0.4 is 10.9 Å². The maximum absolute atomic E-state index is 12.3. The number of benzene rings is 1. The molecule has 1 aliphatic rings. The van der Waals surface area contributed by atoms with Gasteiger partial charge < -0.3 is 10.6 Å². The normalized spacial score (nSPS) is 16.4. The molecule has 118 valence electrons. The quantitative estimate of drug-likeness (QED) is 0.778. The molecular weight excluding hydrogens is 316 g/mol. The SMILES string of the molecule is Cl.NCc1ccc(C(=O)N2CCN(S(N)(=O)=O)CC2)cc1. The maximum atomic E-state index is 12.3. The second-order valence-electron chi connectivity index (χ2n) is 4.64. The molecule has 0 unspecified atom stereocenters. The minimum absolute atomic E-state index is 0. The van der Waals surface area contributed by atoms with Gasteiger partial charge in [-0.25, -0.2) is 5.14 Å². The van der Waals surface area contributed by atoms with E-state index in [2.05, 4.69) is 0 Å². The van der Waals surface area contributed by atoms with Gasteiger partial charge in [-0.05, 0) is 17.7 Å². The standard InChI is InChI=1S/C12H18N4O3S.ClH/c13-9-10-1-3-11(4-2-10)12(17)15-5-7-16(8-6-15)20(14,18)19;/h1-4H,5-9,13H2,(H2,14,18,19);1H. The summed E-state index contributed by atoms with van der Waals surface area (Å²) in [6, 6.07) is 7.09. The van der Waals surface area contributed by atoms with Gasteiger partial charge in [0.1, 0.15) is 0 Å². The number of nitrogens with two attached hydrogens (primary N) is 2. The third kappa shape index (κ3) is 4.39. The first kappa shape index (κ1) is 17.9. The first-order chi connectivity index (χ1) is 9.41. The number of hydrogen-bond donors (Lipinski definition) is 2. The van der Waals surface area contributed by atoms with E-state index in [9.17, 15) is 13.2 Å².